The van der Waals surface area contributed by atoms with Gasteiger partial charge in [0.15, 0.2) is 0 Å². The highest BCUT2D eigenvalue weighted by atomic mass is 19.1. The van der Waals surface area contributed by atoms with Crippen LogP contribution >= 0.6 is 0 Å². The second-order valence-electron chi connectivity index (χ2n) is 6.92. The summed E-state index contributed by atoms with van der Waals surface area (Å²) in [6.07, 6.45) is 0. The molecule has 0 atom stereocenters. The lowest BCUT2D eigenvalue weighted by Gasteiger charge is -2.12. The number of halogens is 2. The van der Waals surface area contributed by atoms with Gasteiger partial charge in [-0.3, -0.25) is 0 Å². The minimum atomic E-state index is -0.238. The zero-order valence-electron chi connectivity index (χ0n) is 15.0. The van der Waals surface area contributed by atoms with Crippen molar-refractivity contribution in [2.75, 3.05) is 0 Å². The van der Waals surface area contributed by atoms with Gasteiger partial charge in [0.05, 0.1) is 0 Å². The van der Waals surface area contributed by atoms with Crippen LogP contribution in [0.2, 0.25) is 0 Å². The molecule has 2 heteroatoms. The Hall–Kier alpha value is -3.52. The van der Waals surface area contributed by atoms with Gasteiger partial charge in [0.2, 0.25) is 0 Å². The maximum absolute atomic E-state index is 13.3. The fourth-order valence-electron chi connectivity index (χ4n) is 3.81. The van der Waals surface area contributed by atoms with Crippen LogP contribution in [0.3, 0.4) is 0 Å². The van der Waals surface area contributed by atoms with E-state index in [2.05, 4.69) is 36.4 Å². The minimum Gasteiger partial charge on any atom is -0.207 e. The molecule has 0 fully saturated rings. The van der Waals surface area contributed by atoms with Gasteiger partial charge in [-0.1, -0.05) is 60.7 Å². The fourth-order valence-corrected chi connectivity index (χ4v) is 3.81. The lowest BCUT2D eigenvalue weighted by molar-refractivity contribution is 0.627. The molecule has 0 aliphatic rings. The van der Waals surface area contributed by atoms with Crippen molar-refractivity contribution >= 4 is 21.5 Å². The van der Waals surface area contributed by atoms with Crippen LogP contribution in [0.5, 0.6) is 0 Å². The second kappa shape index (κ2) is 6.58. The maximum Gasteiger partial charge on any atom is 0.123 e. The highest BCUT2D eigenvalue weighted by molar-refractivity contribution is 6.08. The SMILES string of the molecule is Fc1ccc(-c2cccc3cc4c(-c5ccc(F)cc5)cccc4cc23)cc1. The average Bonchev–Trinajstić information content (AvgIpc) is 2.73. The monoisotopic (exact) mass is 366 g/mol. The largest absolute Gasteiger partial charge is 0.207 e. The zero-order chi connectivity index (χ0) is 19.1. The van der Waals surface area contributed by atoms with E-state index in [4.69, 9.17) is 0 Å². The van der Waals surface area contributed by atoms with Gasteiger partial charge in [-0.25, -0.2) is 8.78 Å². The molecule has 0 heterocycles. The number of hydrogen-bond acceptors (Lipinski definition) is 0. The molecular weight excluding hydrogens is 350 g/mol. The van der Waals surface area contributed by atoms with Crippen LogP contribution in [0.1, 0.15) is 0 Å². The van der Waals surface area contributed by atoms with Gasteiger partial charge >= 0.3 is 0 Å². The molecule has 0 bridgehead atoms. The topological polar surface area (TPSA) is 0 Å². The summed E-state index contributed by atoms with van der Waals surface area (Å²) in [7, 11) is 0. The Balaban J connectivity index is 1.76. The zero-order valence-corrected chi connectivity index (χ0v) is 15.0. The molecule has 0 unspecified atom stereocenters. The second-order valence-corrected chi connectivity index (χ2v) is 6.92. The average molecular weight is 366 g/mol. The van der Waals surface area contributed by atoms with Crippen LogP contribution in [0, 0.1) is 11.6 Å². The van der Waals surface area contributed by atoms with Crippen LogP contribution < -0.4 is 0 Å². The van der Waals surface area contributed by atoms with Crippen molar-refractivity contribution in [3.63, 3.8) is 0 Å². The molecule has 0 aliphatic carbocycles. The molecule has 0 saturated heterocycles. The quantitative estimate of drug-likeness (QED) is 0.282. The van der Waals surface area contributed by atoms with E-state index in [9.17, 15) is 8.78 Å². The van der Waals surface area contributed by atoms with Gasteiger partial charge in [-0.15, -0.1) is 0 Å². The Morgan fingerprint density at radius 2 is 0.821 bits per heavy atom. The third kappa shape index (κ3) is 2.84. The number of hydrogen-bond donors (Lipinski definition) is 0. The van der Waals surface area contributed by atoms with E-state index in [1.165, 1.54) is 24.3 Å². The van der Waals surface area contributed by atoms with Crippen LogP contribution in [0.25, 0.3) is 43.8 Å². The molecule has 5 aromatic rings. The van der Waals surface area contributed by atoms with Crippen LogP contribution in [-0.4, -0.2) is 0 Å². The summed E-state index contributed by atoms with van der Waals surface area (Å²) in [6, 6.07) is 29.9. The first-order chi connectivity index (χ1) is 13.7. The van der Waals surface area contributed by atoms with Crippen molar-refractivity contribution < 1.29 is 8.78 Å². The van der Waals surface area contributed by atoms with Crippen molar-refractivity contribution in [2.45, 2.75) is 0 Å². The summed E-state index contributed by atoms with van der Waals surface area (Å²) in [5, 5.41) is 4.48. The summed E-state index contributed by atoms with van der Waals surface area (Å²) in [4.78, 5) is 0. The summed E-state index contributed by atoms with van der Waals surface area (Å²) < 4.78 is 26.7. The molecule has 0 saturated carbocycles. The molecular formula is C26H16F2. The van der Waals surface area contributed by atoms with Gasteiger partial charge in [0.1, 0.15) is 11.6 Å². The first-order valence-electron chi connectivity index (χ1n) is 9.16. The normalized spacial score (nSPS) is 11.2. The maximum atomic E-state index is 13.3. The summed E-state index contributed by atoms with van der Waals surface area (Å²) in [5.74, 6) is -0.475. The third-order valence-electron chi connectivity index (χ3n) is 5.19. The number of fused-ring (bicyclic) bond motifs is 2. The van der Waals surface area contributed by atoms with Crippen molar-refractivity contribution in [1.29, 1.82) is 0 Å². The van der Waals surface area contributed by atoms with Gasteiger partial charge in [-0.05, 0) is 80.2 Å². The Labute approximate surface area is 161 Å². The Kier molecular flexibility index (Phi) is 3.91. The predicted octanol–water partition coefficient (Wildman–Crippen LogP) is 7.61. The number of rotatable bonds is 2. The van der Waals surface area contributed by atoms with Crippen LogP contribution in [-0.2, 0) is 0 Å². The van der Waals surface area contributed by atoms with E-state index in [-0.39, 0.29) is 11.6 Å². The highest BCUT2D eigenvalue weighted by Gasteiger charge is 2.09. The van der Waals surface area contributed by atoms with E-state index in [0.717, 1.165) is 43.8 Å². The third-order valence-corrected chi connectivity index (χ3v) is 5.19. The molecule has 0 aromatic heterocycles. The molecule has 0 spiro atoms. The fraction of sp³-hybridized carbons (Fsp3) is 0. The standard InChI is InChI=1S/C26H16F2/c27-21-11-7-17(8-12-21)23-5-1-3-19-15-26-20(16-25(19)23)4-2-6-24(26)18-9-13-22(28)14-10-18/h1-16H. The molecule has 0 N–H and O–H groups in total. The molecule has 0 nitrogen and oxygen atoms in total. The molecule has 0 radical (unpaired) electrons. The van der Waals surface area contributed by atoms with E-state index in [1.807, 2.05) is 36.4 Å². The molecule has 28 heavy (non-hydrogen) atoms. The molecule has 134 valence electrons. The molecule has 0 aliphatic heterocycles. The van der Waals surface area contributed by atoms with Crippen molar-refractivity contribution in [3.05, 3.63) is 109 Å². The first kappa shape index (κ1) is 16.6. The molecule has 0 amide bonds. The first-order valence-corrected chi connectivity index (χ1v) is 9.16. The van der Waals surface area contributed by atoms with Crippen molar-refractivity contribution in [1.82, 2.24) is 0 Å². The lowest BCUT2D eigenvalue weighted by Crippen LogP contribution is -1.86. The van der Waals surface area contributed by atoms with Crippen molar-refractivity contribution in [2.24, 2.45) is 0 Å². The van der Waals surface area contributed by atoms with Crippen molar-refractivity contribution in [3.8, 4) is 22.3 Å². The van der Waals surface area contributed by atoms with E-state index < -0.39 is 0 Å². The Bertz CT molecular complexity index is 1200. The Morgan fingerprint density at radius 3 is 1.21 bits per heavy atom. The van der Waals surface area contributed by atoms with Gasteiger partial charge in [0, 0.05) is 0 Å². The molecule has 5 aromatic carbocycles. The van der Waals surface area contributed by atoms with E-state index in [0.29, 0.717) is 0 Å². The summed E-state index contributed by atoms with van der Waals surface area (Å²) in [6.45, 7) is 0. The predicted molar refractivity (Wildman–Crippen MR) is 112 cm³/mol. The molecule has 5 rings (SSSR count). The highest BCUT2D eigenvalue weighted by Crippen LogP contribution is 2.35. The van der Waals surface area contributed by atoms with Crippen LogP contribution in [0.15, 0.2) is 97.1 Å². The minimum absolute atomic E-state index is 0.238. The summed E-state index contributed by atoms with van der Waals surface area (Å²) in [5.41, 5.74) is 4.13. The lowest BCUT2D eigenvalue weighted by atomic mass is 9.92. The number of benzene rings is 5. The van der Waals surface area contributed by atoms with E-state index in [1.54, 1.807) is 0 Å². The smallest absolute Gasteiger partial charge is 0.123 e. The van der Waals surface area contributed by atoms with Crippen LogP contribution in [0.4, 0.5) is 8.78 Å². The van der Waals surface area contributed by atoms with Gasteiger partial charge in [0.25, 0.3) is 0 Å². The van der Waals surface area contributed by atoms with Gasteiger partial charge in [-0.2, -0.15) is 0 Å². The summed E-state index contributed by atoms with van der Waals surface area (Å²) >= 11 is 0. The van der Waals surface area contributed by atoms with E-state index >= 15 is 0 Å². The van der Waals surface area contributed by atoms with Gasteiger partial charge < -0.3 is 0 Å². The Morgan fingerprint density at radius 1 is 0.429 bits per heavy atom.